The minimum Gasteiger partial charge on any atom is -0.493 e. The average molecular weight is 253 g/mol. The molecular formula is C16H15NO2. The maximum atomic E-state index is 12.2. The zero-order valence-electron chi connectivity index (χ0n) is 10.8. The number of carbonyl (C=O) groups is 1. The third kappa shape index (κ3) is 2.50. The van der Waals surface area contributed by atoms with Crippen molar-refractivity contribution in [2.75, 3.05) is 6.61 Å². The first-order valence-electron chi connectivity index (χ1n) is 6.44. The molecule has 3 rings (SSSR count). The molecule has 1 aromatic carbocycles. The topological polar surface area (TPSA) is 39.2 Å². The summed E-state index contributed by atoms with van der Waals surface area (Å²) in [6.07, 6.45) is 1.24. The SMILES string of the molecule is Cc1cccc(CC(=O)c2ccc3c(c2)CCO3)n1. The molecule has 1 aliphatic heterocycles. The van der Waals surface area contributed by atoms with Gasteiger partial charge in [-0.05, 0) is 42.8 Å². The van der Waals surface area contributed by atoms with Crippen LogP contribution >= 0.6 is 0 Å². The van der Waals surface area contributed by atoms with Crippen molar-refractivity contribution < 1.29 is 9.53 Å². The van der Waals surface area contributed by atoms with Gasteiger partial charge in [0.15, 0.2) is 5.78 Å². The summed E-state index contributed by atoms with van der Waals surface area (Å²) >= 11 is 0. The maximum Gasteiger partial charge on any atom is 0.168 e. The average Bonchev–Trinajstić information content (AvgIpc) is 2.85. The predicted molar refractivity (Wildman–Crippen MR) is 72.6 cm³/mol. The second kappa shape index (κ2) is 4.84. The Hall–Kier alpha value is -2.16. The molecule has 0 saturated heterocycles. The first-order chi connectivity index (χ1) is 9.22. The van der Waals surface area contributed by atoms with Crippen LogP contribution in [0.25, 0.3) is 0 Å². The van der Waals surface area contributed by atoms with E-state index in [2.05, 4.69) is 4.98 Å². The van der Waals surface area contributed by atoms with E-state index in [9.17, 15) is 4.79 Å². The first kappa shape index (κ1) is 11.9. The van der Waals surface area contributed by atoms with Gasteiger partial charge in [-0.2, -0.15) is 0 Å². The van der Waals surface area contributed by atoms with Crippen LogP contribution in [-0.4, -0.2) is 17.4 Å². The van der Waals surface area contributed by atoms with E-state index in [1.165, 1.54) is 0 Å². The highest BCUT2D eigenvalue weighted by Gasteiger charge is 2.15. The molecule has 19 heavy (non-hydrogen) atoms. The molecule has 3 heteroatoms. The van der Waals surface area contributed by atoms with Crippen LogP contribution in [0.1, 0.15) is 27.3 Å². The van der Waals surface area contributed by atoms with Gasteiger partial charge >= 0.3 is 0 Å². The lowest BCUT2D eigenvalue weighted by Gasteiger charge is -2.04. The van der Waals surface area contributed by atoms with E-state index in [4.69, 9.17) is 4.74 Å². The molecule has 2 heterocycles. The molecule has 96 valence electrons. The van der Waals surface area contributed by atoms with Gasteiger partial charge in [0.25, 0.3) is 0 Å². The van der Waals surface area contributed by atoms with E-state index in [0.29, 0.717) is 13.0 Å². The monoisotopic (exact) mass is 253 g/mol. The molecule has 0 bridgehead atoms. The molecule has 0 saturated carbocycles. The number of hydrogen-bond acceptors (Lipinski definition) is 3. The first-order valence-corrected chi connectivity index (χ1v) is 6.44. The van der Waals surface area contributed by atoms with Gasteiger partial charge in [-0.3, -0.25) is 9.78 Å². The summed E-state index contributed by atoms with van der Waals surface area (Å²) in [5.74, 6) is 1.01. The van der Waals surface area contributed by atoms with Crippen LogP contribution in [0.3, 0.4) is 0 Å². The summed E-state index contributed by atoms with van der Waals surface area (Å²) in [4.78, 5) is 16.6. The Kier molecular flexibility index (Phi) is 3.03. The lowest BCUT2D eigenvalue weighted by molar-refractivity contribution is 0.0992. The summed E-state index contributed by atoms with van der Waals surface area (Å²) in [5.41, 5.74) is 3.63. The Balaban J connectivity index is 1.81. The van der Waals surface area contributed by atoms with E-state index in [-0.39, 0.29) is 5.78 Å². The number of aryl methyl sites for hydroxylation is 1. The van der Waals surface area contributed by atoms with E-state index >= 15 is 0 Å². The third-order valence-corrected chi connectivity index (χ3v) is 3.30. The maximum absolute atomic E-state index is 12.2. The van der Waals surface area contributed by atoms with Crippen LogP contribution in [0.4, 0.5) is 0 Å². The molecule has 0 spiro atoms. The molecule has 0 unspecified atom stereocenters. The number of fused-ring (bicyclic) bond motifs is 1. The van der Waals surface area contributed by atoms with E-state index in [1.807, 2.05) is 43.3 Å². The van der Waals surface area contributed by atoms with Crippen LogP contribution < -0.4 is 4.74 Å². The van der Waals surface area contributed by atoms with Crippen molar-refractivity contribution >= 4 is 5.78 Å². The van der Waals surface area contributed by atoms with E-state index in [1.54, 1.807) is 0 Å². The number of rotatable bonds is 3. The lowest BCUT2D eigenvalue weighted by atomic mass is 10.0. The molecule has 0 atom stereocenters. The van der Waals surface area contributed by atoms with Gasteiger partial charge in [-0.1, -0.05) is 6.07 Å². The second-order valence-electron chi connectivity index (χ2n) is 4.79. The molecule has 0 N–H and O–H groups in total. The Morgan fingerprint density at radius 3 is 3.05 bits per heavy atom. The zero-order valence-corrected chi connectivity index (χ0v) is 10.8. The molecule has 3 nitrogen and oxygen atoms in total. The summed E-state index contributed by atoms with van der Waals surface area (Å²) < 4.78 is 5.44. The lowest BCUT2D eigenvalue weighted by Crippen LogP contribution is -2.05. The smallest absolute Gasteiger partial charge is 0.168 e. The normalized spacial score (nSPS) is 12.9. The quantitative estimate of drug-likeness (QED) is 0.789. The van der Waals surface area contributed by atoms with Crippen molar-refractivity contribution in [1.29, 1.82) is 0 Å². The summed E-state index contributed by atoms with van der Waals surface area (Å²) in [5, 5.41) is 0. The highest BCUT2D eigenvalue weighted by atomic mass is 16.5. The number of hydrogen-bond donors (Lipinski definition) is 0. The Morgan fingerprint density at radius 2 is 2.21 bits per heavy atom. The number of benzene rings is 1. The van der Waals surface area contributed by atoms with Gasteiger partial charge in [0, 0.05) is 23.4 Å². The minimum atomic E-state index is 0.104. The Morgan fingerprint density at radius 1 is 1.32 bits per heavy atom. The number of aromatic nitrogens is 1. The van der Waals surface area contributed by atoms with Crippen LogP contribution in [0.5, 0.6) is 5.75 Å². The van der Waals surface area contributed by atoms with Crippen LogP contribution in [-0.2, 0) is 12.8 Å². The van der Waals surface area contributed by atoms with Gasteiger partial charge in [-0.15, -0.1) is 0 Å². The number of pyridine rings is 1. The third-order valence-electron chi connectivity index (χ3n) is 3.30. The molecule has 0 fully saturated rings. The van der Waals surface area contributed by atoms with Gasteiger partial charge < -0.3 is 4.74 Å². The number of Topliss-reactive ketones (excluding diaryl/α,β-unsaturated/α-hetero) is 1. The summed E-state index contributed by atoms with van der Waals surface area (Å²) in [6, 6.07) is 11.4. The van der Waals surface area contributed by atoms with E-state index in [0.717, 1.165) is 34.7 Å². The fourth-order valence-corrected chi connectivity index (χ4v) is 2.32. The number of nitrogens with zero attached hydrogens (tertiary/aromatic N) is 1. The summed E-state index contributed by atoms with van der Waals surface area (Å²) in [6.45, 7) is 2.65. The standard InChI is InChI=1S/C16H15NO2/c1-11-3-2-4-14(17-11)10-15(18)12-5-6-16-13(9-12)7-8-19-16/h2-6,9H,7-8,10H2,1H3. The zero-order chi connectivity index (χ0) is 13.2. The van der Waals surface area contributed by atoms with E-state index < -0.39 is 0 Å². The van der Waals surface area contributed by atoms with Crippen molar-refractivity contribution in [2.45, 2.75) is 19.8 Å². The number of ether oxygens (including phenoxy) is 1. The molecule has 1 aliphatic rings. The summed E-state index contributed by atoms with van der Waals surface area (Å²) in [7, 11) is 0. The van der Waals surface area contributed by atoms with Crippen molar-refractivity contribution in [2.24, 2.45) is 0 Å². The van der Waals surface area contributed by atoms with Gasteiger partial charge in [-0.25, -0.2) is 0 Å². The van der Waals surface area contributed by atoms with Gasteiger partial charge in [0.1, 0.15) is 5.75 Å². The molecule has 1 aromatic heterocycles. The predicted octanol–water partition coefficient (Wildman–Crippen LogP) is 2.75. The Bertz CT molecular complexity index is 634. The number of ketones is 1. The van der Waals surface area contributed by atoms with Crippen molar-refractivity contribution in [3.8, 4) is 5.75 Å². The largest absolute Gasteiger partial charge is 0.493 e. The van der Waals surface area contributed by atoms with Crippen molar-refractivity contribution in [3.05, 3.63) is 58.9 Å². The molecule has 2 aromatic rings. The van der Waals surface area contributed by atoms with Gasteiger partial charge in [0.2, 0.25) is 0 Å². The molecule has 0 radical (unpaired) electrons. The molecular weight excluding hydrogens is 238 g/mol. The van der Waals surface area contributed by atoms with Gasteiger partial charge in [0.05, 0.1) is 13.0 Å². The van der Waals surface area contributed by atoms with Crippen LogP contribution in [0.2, 0.25) is 0 Å². The van der Waals surface area contributed by atoms with Crippen molar-refractivity contribution in [3.63, 3.8) is 0 Å². The Labute approximate surface area is 112 Å². The van der Waals surface area contributed by atoms with Crippen LogP contribution in [0, 0.1) is 6.92 Å². The fourth-order valence-electron chi connectivity index (χ4n) is 2.32. The molecule has 0 aliphatic carbocycles. The molecule has 0 amide bonds. The second-order valence-corrected chi connectivity index (χ2v) is 4.79. The van der Waals surface area contributed by atoms with Crippen molar-refractivity contribution in [1.82, 2.24) is 4.98 Å². The highest BCUT2D eigenvalue weighted by molar-refractivity contribution is 5.97. The highest BCUT2D eigenvalue weighted by Crippen LogP contribution is 2.26. The number of carbonyl (C=O) groups excluding carboxylic acids is 1. The fraction of sp³-hybridized carbons (Fsp3) is 0.250. The minimum absolute atomic E-state index is 0.104. The van der Waals surface area contributed by atoms with Crippen LogP contribution in [0.15, 0.2) is 36.4 Å².